The summed E-state index contributed by atoms with van der Waals surface area (Å²) in [5, 5.41) is 7.88. The number of rotatable bonds is 5. The summed E-state index contributed by atoms with van der Waals surface area (Å²) in [6.45, 7) is 5.49. The van der Waals surface area contributed by atoms with E-state index in [0.29, 0.717) is 6.54 Å². The van der Waals surface area contributed by atoms with Crippen molar-refractivity contribution in [3.63, 3.8) is 0 Å². The van der Waals surface area contributed by atoms with Gasteiger partial charge in [-0.15, -0.1) is 0 Å². The minimum Gasteiger partial charge on any atom is -0.353 e. The molecule has 0 aliphatic carbocycles. The van der Waals surface area contributed by atoms with Crippen LogP contribution < -0.4 is 16.0 Å². The van der Waals surface area contributed by atoms with Crippen LogP contribution in [0.15, 0.2) is 0 Å². The second-order valence-electron chi connectivity index (χ2n) is 4.90. The molecule has 1 fully saturated rings. The van der Waals surface area contributed by atoms with E-state index in [0.717, 1.165) is 0 Å². The lowest BCUT2D eigenvalue weighted by molar-refractivity contribution is -0.127. The van der Waals surface area contributed by atoms with Crippen molar-refractivity contribution in [1.29, 1.82) is 0 Å². The Labute approximate surface area is 106 Å². The van der Waals surface area contributed by atoms with Crippen molar-refractivity contribution in [2.45, 2.75) is 32.4 Å². The van der Waals surface area contributed by atoms with Gasteiger partial charge < -0.3 is 15.5 Å². The molecule has 1 heterocycles. The normalized spacial score (nSPS) is 19.7. The lowest BCUT2D eigenvalue weighted by Gasteiger charge is -2.27. The highest BCUT2D eigenvalue weighted by molar-refractivity contribution is 6.07. The number of imide groups is 1. The third-order valence-corrected chi connectivity index (χ3v) is 3.10. The van der Waals surface area contributed by atoms with Crippen molar-refractivity contribution in [3.8, 4) is 0 Å². The number of nitrogens with zero attached hydrogens (tertiary/aromatic N) is 1. The number of carbonyl (C=O) groups is 3. The van der Waals surface area contributed by atoms with Crippen molar-refractivity contribution in [1.82, 2.24) is 20.9 Å². The molecule has 3 N–H and O–H groups in total. The lowest BCUT2D eigenvalue weighted by Crippen LogP contribution is -2.50. The van der Waals surface area contributed by atoms with Gasteiger partial charge in [-0.2, -0.15) is 0 Å². The number of likely N-dealkylation sites (N-methyl/N-ethyl adjacent to an activating group) is 1. The minimum atomic E-state index is -0.983. The van der Waals surface area contributed by atoms with Gasteiger partial charge in [0.2, 0.25) is 5.91 Å². The molecule has 1 saturated heterocycles. The van der Waals surface area contributed by atoms with Crippen molar-refractivity contribution in [2.24, 2.45) is 0 Å². The Morgan fingerprint density at radius 2 is 2.06 bits per heavy atom. The van der Waals surface area contributed by atoms with Gasteiger partial charge in [-0.3, -0.25) is 14.9 Å². The van der Waals surface area contributed by atoms with Crippen LogP contribution in [-0.4, -0.2) is 54.5 Å². The van der Waals surface area contributed by atoms with Gasteiger partial charge >= 0.3 is 6.03 Å². The average Bonchev–Trinajstić information content (AvgIpc) is 2.49. The van der Waals surface area contributed by atoms with Gasteiger partial charge in [0, 0.05) is 12.6 Å². The molecule has 0 bridgehead atoms. The van der Waals surface area contributed by atoms with Gasteiger partial charge in [0.1, 0.15) is 12.1 Å². The van der Waals surface area contributed by atoms with Crippen LogP contribution in [0.5, 0.6) is 0 Å². The van der Waals surface area contributed by atoms with Gasteiger partial charge in [0.15, 0.2) is 0 Å². The highest BCUT2D eigenvalue weighted by atomic mass is 16.2. The molecule has 1 aliphatic heterocycles. The van der Waals surface area contributed by atoms with E-state index >= 15 is 0 Å². The number of nitrogens with one attached hydrogen (secondary N) is 3. The van der Waals surface area contributed by atoms with E-state index in [2.05, 4.69) is 16.0 Å². The third-order valence-electron chi connectivity index (χ3n) is 3.10. The molecule has 1 unspecified atom stereocenters. The number of hydrogen-bond donors (Lipinski definition) is 3. The monoisotopic (exact) mass is 256 g/mol. The van der Waals surface area contributed by atoms with Crippen LogP contribution in [0.2, 0.25) is 0 Å². The standard InChI is InChI=1S/C11H20N4O3/c1-7(12-4)5-13-8(16)6-15-10(18)14-9(17)11(15,2)3/h7,12H,5-6H2,1-4H3,(H,13,16)(H,14,17,18). The highest BCUT2D eigenvalue weighted by Gasteiger charge is 2.46. The smallest absolute Gasteiger partial charge is 0.325 e. The quantitative estimate of drug-likeness (QED) is 0.553. The molecule has 0 spiro atoms. The molecule has 1 aliphatic rings. The summed E-state index contributed by atoms with van der Waals surface area (Å²) >= 11 is 0. The summed E-state index contributed by atoms with van der Waals surface area (Å²) in [5.41, 5.74) is -0.983. The molecule has 0 saturated carbocycles. The Kier molecular flexibility index (Phi) is 4.28. The fourth-order valence-corrected chi connectivity index (χ4v) is 1.53. The van der Waals surface area contributed by atoms with Crippen molar-refractivity contribution >= 4 is 17.8 Å². The number of carbonyl (C=O) groups excluding carboxylic acids is 3. The van der Waals surface area contributed by atoms with Crippen LogP contribution >= 0.6 is 0 Å². The minimum absolute atomic E-state index is 0.124. The van der Waals surface area contributed by atoms with E-state index in [9.17, 15) is 14.4 Å². The molecule has 18 heavy (non-hydrogen) atoms. The maximum Gasteiger partial charge on any atom is 0.325 e. The molecule has 1 rings (SSSR count). The molecular formula is C11H20N4O3. The molecule has 7 nitrogen and oxygen atoms in total. The van der Waals surface area contributed by atoms with Crippen LogP contribution in [0.25, 0.3) is 0 Å². The Bertz CT molecular complexity index is 367. The molecule has 0 aromatic rings. The topological polar surface area (TPSA) is 90.5 Å². The molecule has 1 atom stereocenters. The number of amides is 4. The number of urea groups is 1. The maximum atomic E-state index is 11.7. The van der Waals surface area contributed by atoms with E-state index < -0.39 is 11.6 Å². The summed E-state index contributed by atoms with van der Waals surface area (Å²) in [7, 11) is 1.80. The maximum absolute atomic E-state index is 11.7. The average molecular weight is 256 g/mol. The first-order chi connectivity index (χ1) is 8.28. The second kappa shape index (κ2) is 5.34. The first-order valence-electron chi connectivity index (χ1n) is 5.86. The largest absolute Gasteiger partial charge is 0.353 e. The second-order valence-corrected chi connectivity index (χ2v) is 4.90. The van der Waals surface area contributed by atoms with Crippen LogP contribution in [0.3, 0.4) is 0 Å². The third kappa shape index (κ3) is 2.98. The molecule has 4 amide bonds. The highest BCUT2D eigenvalue weighted by Crippen LogP contribution is 2.19. The molecule has 0 aromatic heterocycles. The first kappa shape index (κ1) is 14.4. The molecular weight excluding hydrogens is 236 g/mol. The Morgan fingerprint density at radius 1 is 1.44 bits per heavy atom. The van der Waals surface area contributed by atoms with Gasteiger partial charge in [0.05, 0.1) is 0 Å². The van der Waals surface area contributed by atoms with Crippen LogP contribution in [0.4, 0.5) is 4.79 Å². The van der Waals surface area contributed by atoms with Crippen LogP contribution in [0.1, 0.15) is 20.8 Å². The Morgan fingerprint density at radius 3 is 2.50 bits per heavy atom. The lowest BCUT2D eigenvalue weighted by atomic mass is 10.0. The fraction of sp³-hybridized carbons (Fsp3) is 0.727. The Hall–Kier alpha value is -1.63. The zero-order chi connectivity index (χ0) is 13.9. The van der Waals surface area contributed by atoms with E-state index in [1.165, 1.54) is 4.90 Å². The van der Waals surface area contributed by atoms with E-state index in [-0.39, 0.29) is 24.4 Å². The van der Waals surface area contributed by atoms with Crippen LogP contribution in [0, 0.1) is 0 Å². The van der Waals surface area contributed by atoms with Crippen LogP contribution in [-0.2, 0) is 9.59 Å². The Balaban J connectivity index is 2.54. The zero-order valence-corrected chi connectivity index (χ0v) is 11.2. The fourth-order valence-electron chi connectivity index (χ4n) is 1.53. The summed E-state index contributed by atoms with van der Waals surface area (Å²) in [6, 6.07) is -0.377. The molecule has 7 heteroatoms. The molecule has 0 aromatic carbocycles. The van der Waals surface area contributed by atoms with E-state index in [4.69, 9.17) is 0 Å². The van der Waals surface area contributed by atoms with Gasteiger partial charge in [-0.25, -0.2) is 4.79 Å². The summed E-state index contributed by atoms with van der Waals surface area (Å²) < 4.78 is 0. The predicted octanol–water partition coefficient (Wildman–Crippen LogP) is -0.959. The number of hydrogen-bond acceptors (Lipinski definition) is 4. The molecule has 102 valence electrons. The van der Waals surface area contributed by atoms with E-state index in [1.807, 2.05) is 6.92 Å². The molecule has 0 radical (unpaired) electrons. The summed E-state index contributed by atoms with van der Waals surface area (Å²) in [6.07, 6.45) is 0. The van der Waals surface area contributed by atoms with Crippen molar-refractivity contribution in [2.75, 3.05) is 20.1 Å². The predicted molar refractivity (Wildman–Crippen MR) is 65.9 cm³/mol. The van der Waals surface area contributed by atoms with Gasteiger partial charge in [-0.1, -0.05) is 0 Å². The first-order valence-corrected chi connectivity index (χ1v) is 5.86. The SMILES string of the molecule is CNC(C)CNC(=O)CN1C(=O)NC(=O)C1(C)C. The van der Waals surface area contributed by atoms with Gasteiger partial charge in [0.25, 0.3) is 5.91 Å². The van der Waals surface area contributed by atoms with Crippen molar-refractivity contribution < 1.29 is 14.4 Å². The summed E-state index contributed by atoms with van der Waals surface area (Å²) in [5.74, 6) is -0.668. The van der Waals surface area contributed by atoms with Crippen molar-refractivity contribution in [3.05, 3.63) is 0 Å². The summed E-state index contributed by atoms with van der Waals surface area (Å²) in [4.78, 5) is 35.9. The van der Waals surface area contributed by atoms with E-state index in [1.54, 1.807) is 20.9 Å². The van der Waals surface area contributed by atoms with Gasteiger partial charge in [-0.05, 0) is 27.8 Å². The zero-order valence-electron chi connectivity index (χ0n) is 11.2.